The first-order chi connectivity index (χ1) is 9.56. The Morgan fingerprint density at radius 2 is 2.05 bits per heavy atom. The molecule has 0 atom stereocenters. The maximum Gasteiger partial charge on any atom is 0.254 e. The first kappa shape index (κ1) is 14.9. The molecule has 0 spiro atoms. The van der Waals surface area contributed by atoms with Crippen LogP contribution in [0.5, 0.6) is 0 Å². The Labute approximate surface area is 119 Å². The highest BCUT2D eigenvalue weighted by Gasteiger charge is 2.22. The van der Waals surface area contributed by atoms with Gasteiger partial charge in [-0.2, -0.15) is 4.39 Å². The normalized spacial score (nSPS) is 16.7. The summed E-state index contributed by atoms with van der Waals surface area (Å²) in [7, 11) is 4.11. The lowest BCUT2D eigenvalue weighted by atomic mass is 10.2. The Morgan fingerprint density at radius 1 is 1.35 bits per heavy atom. The fourth-order valence-corrected chi connectivity index (χ4v) is 2.23. The van der Waals surface area contributed by atoms with Gasteiger partial charge in [-0.05, 0) is 20.2 Å². The quantitative estimate of drug-likeness (QED) is 0.755. The van der Waals surface area contributed by atoms with Crippen LogP contribution in [0.25, 0.3) is 0 Å². The van der Waals surface area contributed by atoms with Crippen molar-refractivity contribution in [1.29, 1.82) is 0 Å². The van der Waals surface area contributed by atoms with E-state index in [1.807, 2.05) is 0 Å². The number of carbonyl (C=O) groups is 1. The Bertz CT molecular complexity index is 458. The highest BCUT2D eigenvalue weighted by molar-refractivity contribution is 5.94. The fraction of sp³-hybridized carbons (Fsp3) is 0.571. The summed E-state index contributed by atoms with van der Waals surface area (Å²) in [6, 6.07) is 2.75. The first-order valence-corrected chi connectivity index (χ1v) is 6.84. The van der Waals surface area contributed by atoms with E-state index >= 15 is 0 Å². The van der Waals surface area contributed by atoms with Gasteiger partial charge in [0.1, 0.15) is 0 Å². The molecular formula is C14H21FN4O. The third-order valence-electron chi connectivity index (χ3n) is 3.50. The molecule has 0 saturated carbocycles. The number of hydrogen-bond acceptors (Lipinski definition) is 4. The van der Waals surface area contributed by atoms with Gasteiger partial charge in [0.05, 0.1) is 0 Å². The van der Waals surface area contributed by atoms with Crippen molar-refractivity contribution in [2.24, 2.45) is 0 Å². The Balaban J connectivity index is 1.86. The molecule has 0 N–H and O–H groups in total. The zero-order chi connectivity index (χ0) is 14.5. The summed E-state index contributed by atoms with van der Waals surface area (Å²) in [6.07, 6.45) is 1.33. The molecule has 2 rings (SSSR count). The molecule has 0 radical (unpaired) electrons. The Kier molecular flexibility index (Phi) is 5.03. The second-order valence-corrected chi connectivity index (χ2v) is 5.30. The van der Waals surface area contributed by atoms with Crippen molar-refractivity contribution in [2.45, 2.75) is 0 Å². The van der Waals surface area contributed by atoms with Crippen LogP contribution in [-0.2, 0) is 0 Å². The maximum atomic E-state index is 13.0. The largest absolute Gasteiger partial charge is 0.336 e. The Hall–Kier alpha value is -1.53. The minimum Gasteiger partial charge on any atom is -0.336 e. The van der Waals surface area contributed by atoms with Gasteiger partial charge in [-0.15, -0.1) is 0 Å². The SMILES string of the molecule is CN(C)CCN1CCN(C(=O)c2ccnc(F)c2)CC1. The van der Waals surface area contributed by atoms with Crippen molar-refractivity contribution in [3.63, 3.8) is 0 Å². The van der Waals surface area contributed by atoms with E-state index in [1.165, 1.54) is 12.3 Å². The van der Waals surface area contributed by atoms with Crippen LogP contribution in [0.15, 0.2) is 18.3 Å². The van der Waals surface area contributed by atoms with Gasteiger partial charge < -0.3 is 9.80 Å². The first-order valence-electron chi connectivity index (χ1n) is 6.84. The smallest absolute Gasteiger partial charge is 0.254 e. The summed E-state index contributed by atoms with van der Waals surface area (Å²) in [6.45, 7) is 5.15. The third kappa shape index (κ3) is 3.98. The zero-order valence-corrected chi connectivity index (χ0v) is 12.0. The van der Waals surface area contributed by atoms with Crippen LogP contribution < -0.4 is 0 Å². The van der Waals surface area contributed by atoms with E-state index in [-0.39, 0.29) is 5.91 Å². The maximum absolute atomic E-state index is 13.0. The van der Waals surface area contributed by atoms with Crippen LogP contribution in [0.2, 0.25) is 0 Å². The van der Waals surface area contributed by atoms with E-state index < -0.39 is 5.95 Å². The van der Waals surface area contributed by atoms with Crippen molar-refractivity contribution in [1.82, 2.24) is 19.7 Å². The molecule has 0 aromatic carbocycles. The molecule has 6 heteroatoms. The minimum atomic E-state index is -0.611. The monoisotopic (exact) mass is 280 g/mol. The van der Waals surface area contributed by atoms with Crippen LogP contribution in [0, 0.1) is 5.95 Å². The van der Waals surface area contributed by atoms with E-state index in [0.717, 1.165) is 26.2 Å². The van der Waals surface area contributed by atoms with Crippen molar-refractivity contribution < 1.29 is 9.18 Å². The van der Waals surface area contributed by atoms with Gasteiger partial charge in [-0.1, -0.05) is 0 Å². The van der Waals surface area contributed by atoms with Gasteiger partial charge in [0.2, 0.25) is 5.95 Å². The summed E-state index contributed by atoms with van der Waals surface area (Å²) in [4.78, 5) is 22.0. The molecule has 1 fully saturated rings. The molecule has 1 amide bonds. The molecule has 5 nitrogen and oxygen atoms in total. The molecule has 1 aliphatic heterocycles. The summed E-state index contributed by atoms with van der Waals surface area (Å²) >= 11 is 0. The molecule has 0 unspecified atom stereocenters. The summed E-state index contributed by atoms with van der Waals surface area (Å²) in [5, 5.41) is 0. The Morgan fingerprint density at radius 3 is 2.65 bits per heavy atom. The molecule has 1 aromatic rings. The van der Waals surface area contributed by atoms with Crippen LogP contribution in [0.1, 0.15) is 10.4 Å². The molecule has 1 aromatic heterocycles. The number of likely N-dealkylation sites (N-methyl/N-ethyl adjacent to an activating group) is 1. The van der Waals surface area contributed by atoms with Crippen LogP contribution >= 0.6 is 0 Å². The number of amides is 1. The summed E-state index contributed by atoms with van der Waals surface area (Å²) in [5.74, 6) is -0.723. The molecule has 110 valence electrons. The van der Waals surface area contributed by atoms with Crippen LogP contribution in [0.3, 0.4) is 0 Å². The number of halogens is 1. The van der Waals surface area contributed by atoms with E-state index in [0.29, 0.717) is 18.7 Å². The van der Waals surface area contributed by atoms with Gasteiger partial charge in [0, 0.05) is 57.1 Å². The predicted molar refractivity (Wildman–Crippen MR) is 75.1 cm³/mol. The third-order valence-corrected chi connectivity index (χ3v) is 3.50. The van der Waals surface area contributed by atoms with Gasteiger partial charge in [0.15, 0.2) is 0 Å². The fourth-order valence-electron chi connectivity index (χ4n) is 2.23. The standard InChI is InChI=1S/C14H21FN4O/c1-17(2)5-6-18-7-9-19(10-8-18)14(20)12-3-4-16-13(15)11-12/h3-4,11H,5-10H2,1-2H3. The molecule has 2 heterocycles. The van der Waals surface area contributed by atoms with E-state index in [2.05, 4.69) is 28.9 Å². The van der Waals surface area contributed by atoms with Gasteiger partial charge >= 0.3 is 0 Å². The number of pyridine rings is 1. The summed E-state index contributed by atoms with van der Waals surface area (Å²) in [5.41, 5.74) is 0.374. The number of carbonyl (C=O) groups excluding carboxylic acids is 1. The lowest BCUT2D eigenvalue weighted by molar-refractivity contribution is 0.0629. The van der Waals surface area contributed by atoms with Gasteiger partial charge in [-0.3, -0.25) is 9.69 Å². The molecule has 0 aliphatic carbocycles. The van der Waals surface area contributed by atoms with Crippen LogP contribution in [-0.4, -0.2) is 79.0 Å². The number of aromatic nitrogens is 1. The molecule has 0 bridgehead atoms. The number of rotatable bonds is 4. The van der Waals surface area contributed by atoms with E-state index in [9.17, 15) is 9.18 Å². The van der Waals surface area contributed by atoms with Gasteiger partial charge in [-0.25, -0.2) is 4.98 Å². The van der Waals surface area contributed by atoms with Crippen molar-refractivity contribution in [2.75, 3.05) is 53.4 Å². The second-order valence-electron chi connectivity index (χ2n) is 5.30. The van der Waals surface area contributed by atoms with E-state index in [1.54, 1.807) is 11.0 Å². The van der Waals surface area contributed by atoms with Crippen LogP contribution in [0.4, 0.5) is 4.39 Å². The van der Waals surface area contributed by atoms with Crippen molar-refractivity contribution >= 4 is 5.91 Å². The lowest BCUT2D eigenvalue weighted by Crippen LogP contribution is -2.50. The second kappa shape index (κ2) is 6.76. The van der Waals surface area contributed by atoms with E-state index in [4.69, 9.17) is 0 Å². The number of hydrogen-bond donors (Lipinski definition) is 0. The molecular weight excluding hydrogens is 259 g/mol. The average Bonchev–Trinajstić information content (AvgIpc) is 2.45. The van der Waals surface area contributed by atoms with Crippen molar-refractivity contribution in [3.8, 4) is 0 Å². The zero-order valence-electron chi connectivity index (χ0n) is 12.0. The lowest BCUT2D eigenvalue weighted by Gasteiger charge is -2.35. The summed E-state index contributed by atoms with van der Waals surface area (Å²) < 4.78 is 13.0. The minimum absolute atomic E-state index is 0.112. The molecule has 1 aliphatic rings. The number of nitrogens with zero attached hydrogens (tertiary/aromatic N) is 4. The number of piperazine rings is 1. The molecule has 1 saturated heterocycles. The molecule has 20 heavy (non-hydrogen) atoms. The van der Waals surface area contributed by atoms with Gasteiger partial charge in [0.25, 0.3) is 5.91 Å². The highest BCUT2D eigenvalue weighted by Crippen LogP contribution is 2.09. The average molecular weight is 280 g/mol. The predicted octanol–water partition coefficient (Wildman–Crippen LogP) is 0.540. The van der Waals surface area contributed by atoms with Crippen molar-refractivity contribution in [3.05, 3.63) is 29.8 Å². The topological polar surface area (TPSA) is 39.7 Å². The highest BCUT2D eigenvalue weighted by atomic mass is 19.1.